The minimum Gasteiger partial charge on any atom is -0.316 e. The van der Waals surface area contributed by atoms with E-state index in [9.17, 15) is 8.42 Å². The number of rotatable bonds is 6. The Morgan fingerprint density at radius 1 is 1.20 bits per heavy atom. The molecule has 1 aromatic heterocycles. The summed E-state index contributed by atoms with van der Waals surface area (Å²) in [5.41, 5.74) is 1.55. The van der Waals surface area contributed by atoms with Crippen molar-refractivity contribution >= 4 is 10.0 Å². The minimum absolute atomic E-state index is 0.215. The Kier molecular flexibility index (Phi) is 4.53. The molecule has 20 heavy (non-hydrogen) atoms. The van der Waals surface area contributed by atoms with E-state index in [1.807, 2.05) is 6.07 Å². The van der Waals surface area contributed by atoms with E-state index < -0.39 is 10.0 Å². The van der Waals surface area contributed by atoms with E-state index in [2.05, 4.69) is 15.1 Å². The van der Waals surface area contributed by atoms with E-state index in [4.69, 9.17) is 0 Å². The lowest BCUT2D eigenvalue weighted by molar-refractivity contribution is 0.575. The summed E-state index contributed by atoms with van der Waals surface area (Å²) in [5.74, 6) is 0. The third-order valence-electron chi connectivity index (χ3n) is 3.00. The maximum atomic E-state index is 12.4. The highest BCUT2D eigenvalue weighted by molar-refractivity contribution is 7.89. The lowest BCUT2D eigenvalue weighted by Crippen LogP contribution is -2.26. The molecule has 7 heteroatoms. The van der Waals surface area contributed by atoms with Crippen molar-refractivity contribution in [3.8, 4) is 0 Å². The summed E-state index contributed by atoms with van der Waals surface area (Å²) in [6.07, 6.45) is 1.64. The average Bonchev–Trinajstić information content (AvgIpc) is 2.83. The quantitative estimate of drug-likeness (QED) is 0.819. The molecule has 0 saturated heterocycles. The van der Waals surface area contributed by atoms with Crippen molar-refractivity contribution in [2.75, 3.05) is 7.05 Å². The lowest BCUT2D eigenvalue weighted by Gasteiger charge is -2.11. The highest BCUT2D eigenvalue weighted by Crippen LogP contribution is 2.15. The molecule has 0 amide bonds. The molecule has 0 atom stereocenters. The van der Waals surface area contributed by atoms with E-state index in [1.165, 1.54) is 0 Å². The molecule has 0 aliphatic rings. The summed E-state index contributed by atoms with van der Waals surface area (Å²) >= 11 is 0. The van der Waals surface area contributed by atoms with Gasteiger partial charge in [0, 0.05) is 19.8 Å². The third-order valence-corrected chi connectivity index (χ3v) is 4.50. The van der Waals surface area contributed by atoms with Crippen molar-refractivity contribution < 1.29 is 8.42 Å². The van der Waals surface area contributed by atoms with Crippen molar-refractivity contribution in [3.63, 3.8) is 0 Å². The Labute approximate surface area is 118 Å². The Bertz CT molecular complexity index is 679. The van der Waals surface area contributed by atoms with Gasteiger partial charge in [-0.3, -0.25) is 4.68 Å². The molecule has 6 nitrogen and oxygen atoms in total. The first-order valence-corrected chi connectivity index (χ1v) is 7.72. The van der Waals surface area contributed by atoms with Gasteiger partial charge in [-0.1, -0.05) is 18.2 Å². The highest BCUT2D eigenvalue weighted by atomic mass is 32.2. The number of aryl methyl sites for hydroxylation is 1. The fraction of sp³-hybridized carbons (Fsp3) is 0.308. The largest absolute Gasteiger partial charge is 0.316 e. The first-order chi connectivity index (χ1) is 9.54. The van der Waals surface area contributed by atoms with Crippen LogP contribution in [0.3, 0.4) is 0 Å². The van der Waals surface area contributed by atoms with Gasteiger partial charge in [0.1, 0.15) is 0 Å². The number of hydrogen-bond donors (Lipinski definition) is 2. The number of aromatic nitrogens is 2. The van der Waals surface area contributed by atoms with Crippen LogP contribution in [0.4, 0.5) is 0 Å². The Hall–Kier alpha value is -1.70. The molecule has 1 heterocycles. The van der Waals surface area contributed by atoms with Crippen LogP contribution in [0.5, 0.6) is 0 Å². The average molecular weight is 294 g/mol. The lowest BCUT2D eigenvalue weighted by atomic mass is 10.2. The Balaban J connectivity index is 2.20. The first-order valence-electron chi connectivity index (χ1n) is 6.23. The number of sulfonamides is 1. The summed E-state index contributed by atoms with van der Waals surface area (Å²) in [6.45, 7) is 0.718. The third kappa shape index (κ3) is 3.24. The van der Waals surface area contributed by atoms with Crippen LogP contribution < -0.4 is 10.0 Å². The van der Waals surface area contributed by atoms with E-state index in [1.54, 1.807) is 49.2 Å². The van der Waals surface area contributed by atoms with E-state index in [0.717, 1.165) is 11.3 Å². The molecule has 0 fully saturated rings. The molecule has 0 bridgehead atoms. The summed E-state index contributed by atoms with van der Waals surface area (Å²) in [7, 11) is 0.0235. The van der Waals surface area contributed by atoms with Gasteiger partial charge in [-0.25, -0.2) is 13.1 Å². The SMILES string of the molecule is CNCc1ccccc1S(=O)(=O)NCc1ccnn1C. The second kappa shape index (κ2) is 6.17. The van der Waals surface area contributed by atoms with E-state index in [0.29, 0.717) is 11.4 Å². The van der Waals surface area contributed by atoms with Crippen molar-refractivity contribution in [2.24, 2.45) is 7.05 Å². The molecule has 2 rings (SSSR count). The molecule has 0 unspecified atom stereocenters. The van der Waals surface area contributed by atoms with Crippen LogP contribution in [-0.2, 0) is 30.2 Å². The van der Waals surface area contributed by atoms with Crippen LogP contribution in [0.1, 0.15) is 11.3 Å². The zero-order valence-electron chi connectivity index (χ0n) is 11.5. The number of hydrogen-bond acceptors (Lipinski definition) is 4. The second-order valence-corrected chi connectivity index (χ2v) is 6.14. The molecule has 108 valence electrons. The van der Waals surface area contributed by atoms with E-state index >= 15 is 0 Å². The summed E-state index contributed by atoms with van der Waals surface area (Å²) in [5, 5.41) is 6.98. The zero-order chi connectivity index (χ0) is 14.6. The molecule has 0 aliphatic heterocycles. The number of benzene rings is 1. The van der Waals surface area contributed by atoms with Crippen LogP contribution in [-0.4, -0.2) is 25.2 Å². The minimum atomic E-state index is -3.54. The molecule has 0 spiro atoms. The summed E-state index contributed by atoms with van der Waals surface area (Å²) in [6, 6.07) is 8.74. The van der Waals surface area contributed by atoms with Gasteiger partial charge in [0.25, 0.3) is 0 Å². The maximum absolute atomic E-state index is 12.4. The van der Waals surface area contributed by atoms with Gasteiger partial charge >= 0.3 is 0 Å². The van der Waals surface area contributed by atoms with Gasteiger partial charge in [0.15, 0.2) is 0 Å². The molecule has 0 aliphatic carbocycles. The van der Waals surface area contributed by atoms with Crippen LogP contribution in [0.15, 0.2) is 41.4 Å². The number of nitrogens with zero attached hydrogens (tertiary/aromatic N) is 2. The monoisotopic (exact) mass is 294 g/mol. The van der Waals surface area contributed by atoms with Gasteiger partial charge in [0.05, 0.1) is 17.1 Å². The Morgan fingerprint density at radius 2 is 1.95 bits per heavy atom. The fourth-order valence-corrected chi connectivity index (χ4v) is 3.16. The van der Waals surface area contributed by atoms with Crippen molar-refractivity contribution in [3.05, 3.63) is 47.8 Å². The molecule has 0 radical (unpaired) electrons. The van der Waals surface area contributed by atoms with Gasteiger partial charge in [0.2, 0.25) is 10.0 Å². The van der Waals surface area contributed by atoms with Gasteiger partial charge in [-0.15, -0.1) is 0 Å². The Morgan fingerprint density at radius 3 is 2.60 bits per heavy atom. The fourth-order valence-electron chi connectivity index (χ4n) is 1.92. The summed E-state index contributed by atoms with van der Waals surface area (Å²) in [4.78, 5) is 0.302. The molecular weight excluding hydrogens is 276 g/mol. The molecule has 2 N–H and O–H groups in total. The van der Waals surface area contributed by atoms with Crippen molar-refractivity contribution in [1.29, 1.82) is 0 Å². The maximum Gasteiger partial charge on any atom is 0.241 e. The zero-order valence-corrected chi connectivity index (χ0v) is 12.3. The van der Waals surface area contributed by atoms with Crippen LogP contribution in [0.2, 0.25) is 0 Å². The van der Waals surface area contributed by atoms with E-state index in [-0.39, 0.29) is 6.54 Å². The first kappa shape index (κ1) is 14.7. The van der Waals surface area contributed by atoms with Crippen LogP contribution in [0, 0.1) is 0 Å². The smallest absolute Gasteiger partial charge is 0.241 e. The van der Waals surface area contributed by atoms with Crippen molar-refractivity contribution in [1.82, 2.24) is 19.8 Å². The molecule has 1 aromatic carbocycles. The second-order valence-electron chi connectivity index (χ2n) is 4.41. The summed E-state index contributed by atoms with van der Waals surface area (Å²) < 4.78 is 29.0. The predicted molar refractivity (Wildman–Crippen MR) is 76.4 cm³/mol. The highest BCUT2D eigenvalue weighted by Gasteiger charge is 2.17. The van der Waals surface area contributed by atoms with Crippen molar-refractivity contribution in [2.45, 2.75) is 18.0 Å². The molecular formula is C13H18N4O2S. The molecule has 2 aromatic rings. The standard InChI is InChI=1S/C13H18N4O2S/c1-14-9-11-5-3-4-6-13(11)20(18,19)16-10-12-7-8-15-17(12)2/h3-8,14,16H,9-10H2,1-2H3. The number of nitrogens with one attached hydrogen (secondary N) is 2. The topological polar surface area (TPSA) is 76.0 Å². The van der Waals surface area contributed by atoms with Gasteiger partial charge in [-0.05, 0) is 24.7 Å². The normalized spacial score (nSPS) is 11.7. The molecule has 0 saturated carbocycles. The van der Waals surface area contributed by atoms with Gasteiger partial charge in [-0.2, -0.15) is 5.10 Å². The van der Waals surface area contributed by atoms with Crippen LogP contribution in [0.25, 0.3) is 0 Å². The van der Waals surface area contributed by atoms with Crippen LogP contribution >= 0.6 is 0 Å². The predicted octanol–water partition coefficient (Wildman–Crippen LogP) is 0.618. The van der Waals surface area contributed by atoms with Gasteiger partial charge < -0.3 is 5.32 Å².